The van der Waals surface area contributed by atoms with Gasteiger partial charge < -0.3 is 20.1 Å². The summed E-state index contributed by atoms with van der Waals surface area (Å²) in [5.41, 5.74) is -0.587. The Hall–Kier alpha value is -1.34. The van der Waals surface area contributed by atoms with Crippen LogP contribution in [-0.4, -0.2) is 67.4 Å². The second-order valence-electron chi connectivity index (χ2n) is 7.78. The minimum atomic E-state index is -0.647. The van der Waals surface area contributed by atoms with Crippen molar-refractivity contribution in [2.24, 2.45) is 5.92 Å². The van der Waals surface area contributed by atoms with Crippen molar-refractivity contribution >= 4 is 12.0 Å². The zero-order valence-electron chi connectivity index (χ0n) is 16.6. The van der Waals surface area contributed by atoms with Gasteiger partial charge in [0.1, 0.15) is 11.6 Å². The van der Waals surface area contributed by atoms with Gasteiger partial charge in [0.05, 0.1) is 13.2 Å². The quantitative estimate of drug-likeness (QED) is 0.726. The Morgan fingerprint density at radius 3 is 2.28 bits per heavy atom. The molecule has 25 heavy (non-hydrogen) atoms. The van der Waals surface area contributed by atoms with Gasteiger partial charge in [-0.05, 0) is 33.6 Å². The summed E-state index contributed by atoms with van der Waals surface area (Å²) in [6, 6.07) is -0.607. The van der Waals surface area contributed by atoms with E-state index >= 15 is 0 Å². The average Bonchev–Trinajstić information content (AvgIpc) is 2.52. The zero-order chi connectivity index (χ0) is 19.0. The number of carbonyl (C=O) groups is 2. The summed E-state index contributed by atoms with van der Waals surface area (Å²) in [6.07, 6.45) is 0.395. The first-order chi connectivity index (χ1) is 11.6. The van der Waals surface area contributed by atoms with Crippen molar-refractivity contribution in [1.29, 1.82) is 0 Å². The third-order valence-corrected chi connectivity index (χ3v) is 4.34. The number of morpholine rings is 1. The van der Waals surface area contributed by atoms with E-state index in [1.54, 1.807) is 27.7 Å². The Morgan fingerprint density at radius 2 is 1.76 bits per heavy atom. The van der Waals surface area contributed by atoms with Gasteiger partial charge in [0, 0.05) is 25.7 Å². The number of hydrogen-bond donors (Lipinski definition) is 2. The Kier molecular flexibility index (Phi) is 8.65. The van der Waals surface area contributed by atoms with E-state index < -0.39 is 17.7 Å². The molecule has 1 aliphatic heterocycles. The molecule has 0 bridgehead atoms. The first-order valence-corrected chi connectivity index (χ1v) is 9.22. The topological polar surface area (TPSA) is 79.9 Å². The van der Waals surface area contributed by atoms with Gasteiger partial charge in [-0.15, -0.1) is 0 Å². The number of carbonyl (C=O) groups excluding carboxylic acids is 2. The molecule has 146 valence electrons. The summed E-state index contributed by atoms with van der Waals surface area (Å²) in [7, 11) is 0. The van der Waals surface area contributed by atoms with Gasteiger partial charge in [0.15, 0.2) is 0 Å². The highest BCUT2D eigenvalue weighted by Crippen LogP contribution is 2.11. The van der Waals surface area contributed by atoms with Crippen LogP contribution in [0.5, 0.6) is 0 Å². The van der Waals surface area contributed by atoms with Gasteiger partial charge in [-0.25, -0.2) is 4.79 Å². The molecule has 1 saturated heterocycles. The SMILES string of the molecule is CCC(C)[C@@H](CN1CCOCC1)NC(=O)[C@@H](C)NC(=O)OC(C)(C)C. The van der Waals surface area contributed by atoms with Gasteiger partial charge in [-0.1, -0.05) is 20.3 Å². The molecule has 1 heterocycles. The second-order valence-corrected chi connectivity index (χ2v) is 7.78. The standard InChI is InChI=1S/C18H35N3O4/c1-7-13(2)15(12-21-8-10-24-11-9-21)20-16(22)14(3)19-17(23)25-18(4,5)6/h13-15H,7-12H2,1-6H3,(H,19,23)(H,20,22)/t13?,14-,15-/m1/s1. The van der Waals surface area contributed by atoms with E-state index in [9.17, 15) is 9.59 Å². The van der Waals surface area contributed by atoms with Crippen LogP contribution in [-0.2, 0) is 14.3 Å². The third kappa shape index (κ3) is 8.54. The molecule has 1 fully saturated rings. The fourth-order valence-corrected chi connectivity index (χ4v) is 2.57. The number of hydrogen-bond acceptors (Lipinski definition) is 5. The average molecular weight is 357 g/mol. The van der Waals surface area contributed by atoms with Crippen molar-refractivity contribution in [2.75, 3.05) is 32.8 Å². The summed E-state index contributed by atoms with van der Waals surface area (Å²) < 4.78 is 10.6. The van der Waals surface area contributed by atoms with Crippen LogP contribution in [0.3, 0.4) is 0 Å². The highest BCUT2D eigenvalue weighted by molar-refractivity contribution is 5.85. The normalized spacial score (nSPS) is 19.6. The van der Waals surface area contributed by atoms with Crippen LogP contribution in [0.2, 0.25) is 0 Å². The molecule has 0 aliphatic carbocycles. The highest BCUT2D eigenvalue weighted by Gasteiger charge is 2.26. The van der Waals surface area contributed by atoms with Crippen LogP contribution in [0.15, 0.2) is 0 Å². The predicted molar refractivity (Wildman–Crippen MR) is 97.5 cm³/mol. The highest BCUT2D eigenvalue weighted by atomic mass is 16.6. The molecule has 0 aromatic carbocycles. The maximum Gasteiger partial charge on any atom is 0.408 e. The number of nitrogens with one attached hydrogen (secondary N) is 2. The van der Waals surface area contributed by atoms with E-state index in [2.05, 4.69) is 29.4 Å². The molecular weight excluding hydrogens is 322 g/mol. The van der Waals surface area contributed by atoms with Crippen molar-refractivity contribution in [1.82, 2.24) is 15.5 Å². The molecule has 0 aromatic rings. The van der Waals surface area contributed by atoms with Crippen molar-refractivity contribution in [3.8, 4) is 0 Å². The monoisotopic (exact) mass is 357 g/mol. The van der Waals surface area contributed by atoms with Crippen LogP contribution in [0.25, 0.3) is 0 Å². The van der Waals surface area contributed by atoms with Crippen LogP contribution >= 0.6 is 0 Å². The second kappa shape index (κ2) is 9.97. The lowest BCUT2D eigenvalue weighted by Crippen LogP contribution is -2.54. The largest absolute Gasteiger partial charge is 0.444 e. The van der Waals surface area contributed by atoms with Crippen LogP contribution in [0, 0.1) is 5.92 Å². The summed E-state index contributed by atoms with van der Waals surface area (Å²) in [6.45, 7) is 15.3. The molecule has 2 amide bonds. The Morgan fingerprint density at radius 1 is 1.16 bits per heavy atom. The van der Waals surface area contributed by atoms with E-state index in [1.807, 2.05) is 0 Å². The summed E-state index contributed by atoms with van der Waals surface area (Å²) in [5.74, 6) is 0.157. The van der Waals surface area contributed by atoms with Crippen LogP contribution in [0.4, 0.5) is 4.79 Å². The maximum atomic E-state index is 12.5. The lowest BCUT2D eigenvalue weighted by atomic mass is 9.98. The molecule has 7 heteroatoms. The predicted octanol–water partition coefficient (Wildman–Crippen LogP) is 1.76. The van der Waals surface area contributed by atoms with E-state index in [0.29, 0.717) is 5.92 Å². The third-order valence-electron chi connectivity index (χ3n) is 4.34. The lowest BCUT2D eigenvalue weighted by molar-refractivity contribution is -0.124. The summed E-state index contributed by atoms with van der Waals surface area (Å²) >= 11 is 0. The number of nitrogens with zero attached hydrogens (tertiary/aromatic N) is 1. The van der Waals surface area contributed by atoms with E-state index in [0.717, 1.165) is 39.3 Å². The molecule has 3 atom stereocenters. The Balaban J connectivity index is 2.56. The minimum absolute atomic E-state index is 0.0403. The molecular formula is C18H35N3O4. The van der Waals surface area contributed by atoms with E-state index in [1.165, 1.54) is 0 Å². The smallest absolute Gasteiger partial charge is 0.408 e. The summed E-state index contributed by atoms with van der Waals surface area (Å²) in [4.78, 5) is 26.6. The van der Waals surface area contributed by atoms with Crippen LogP contribution in [0.1, 0.15) is 48.0 Å². The van der Waals surface area contributed by atoms with Gasteiger partial charge in [-0.3, -0.25) is 9.69 Å². The molecule has 0 spiro atoms. The molecule has 1 aliphatic rings. The van der Waals surface area contributed by atoms with Crippen molar-refractivity contribution < 1.29 is 19.1 Å². The molecule has 1 unspecified atom stereocenters. The van der Waals surface area contributed by atoms with Gasteiger partial charge in [0.25, 0.3) is 0 Å². The Labute approximate surface area is 151 Å². The molecule has 0 radical (unpaired) electrons. The maximum absolute atomic E-state index is 12.5. The molecule has 1 rings (SSSR count). The van der Waals surface area contributed by atoms with Crippen LogP contribution < -0.4 is 10.6 Å². The number of rotatable bonds is 7. The van der Waals surface area contributed by atoms with E-state index in [-0.39, 0.29) is 11.9 Å². The first kappa shape index (κ1) is 21.7. The van der Waals surface area contributed by atoms with E-state index in [4.69, 9.17) is 9.47 Å². The number of ether oxygens (including phenoxy) is 2. The molecule has 0 aromatic heterocycles. The Bertz CT molecular complexity index is 431. The first-order valence-electron chi connectivity index (χ1n) is 9.22. The lowest BCUT2D eigenvalue weighted by Gasteiger charge is -2.34. The fourth-order valence-electron chi connectivity index (χ4n) is 2.57. The van der Waals surface area contributed by atoms with Crippen molar-refractivity contribution in [3.05, 3.63) is 0 Å². The molecule has 2 N–H and O–H groups in total. The van der Waals surface area contributed by atoms with Gasteiger partial charge >= 0.3 is 6.09 Å². The van der Waals surface area contributed by atoms with Crippen molar-refractivity contribution in [3.63, 3.8) is 0 Å². The van der Waals surface area contributed by atoms with Gasteiger partial charge in [0.2, 0.25) is 5.91 Å². The van der Waals surface area contributed by atoms with Gasteiger partial charge in [-0.2, -0.15) is 0 Å². The zero-order valence-corrected chi connectivity index (χ0v) is 16.6. The number of alkyl carbamates (subject to hydrolysis) is 1. The van der Waals surface area contributed by atoms with Crippen molar-refractivity contribution in [2.45, 2.75) is 65.6 Å². The molecule has 0 saturated carbocycles. The minimum Gasteiger partial charge on any atom is -0.444 e. The summed E-state index contributed by atoms with van der Waals surface area (Å²) in [5, 5.41) is 5.69. The number of amides is 2. The fraction of sp³-hybridized carbons (Fsp3) is 0.889. The molecule has 7 nitrogen and oxygen atoms in total.